The summed E-state index contributed by atoms with van der Waals surface area (Å²) in [5.74, 6) is -1.21. The largest absolute Gasteiger partial charge is 0.490 e. The molecule has 1 aromatic rings. The van der Waals surface area contributed by atoms with E-state index < -0.39 is 23.5 Å². The molecule has 0 unspecified atom stereocenters. The van der Waals surface area contributed by atoms with Crippen LogP contribution in [-0.2, 0) is 9.63 Å². The van der Waals surface area contributed by atoms with E-state index in [1.54, 1.807) is 0 Å². The van der Waals surface area contributed by atoms with Gasteiger partial charge in [-0.25, -0.2) is 15.1 Å². The molecule has 0 aromatic heterocycles. The number of nitrogens with zero attached hydrogens (tertiary/aromatic N) is 1. The van der Waals surface area contributed by atoms with Crippen molar-refractivity contribution in [3.05, 3.63) is 28.3 Å². The third-order valence-electron chi connectivity index (χ3n) is 1.99. The highest BCUT2D eigenvalue weighted by Crippen LogP contribution is 2.29. The van der Waals surface area contributed by atoms with Crippen molar-refractivity contribution in [2.45, 2.75) is 0 Å². The van der Waals surface area contributed by atoms with Crippen LogP contribution in [0.2, 0.25) is 0 Å². The zero-order valence-corrected chi connectivity index (χ0v) is 10.3. The van der Waals surface area contributed by atoms with Crippen molar-refractivity contribution in [3.8, 4) is 5.75 Å². The number of hydrogen-bond acceptors (Lipinski definition) is 6. The van der Waals surface area contributed by atoms with E-state index >= 15 is 0 Å². The summed E-state index contributed by atoms with van der Waals surface area (Å²) in [6.07, 6.45) is 0. The van der Waals surface area contributed by atoms with Crippen LogP contribution in [0.25, 0.3) is 0 Å². The topological polar surface area (TPSA) is 140 Å². The highest BCUT2D eigenvalue weighted by molar-refractivity contribution is 5.89. The van der Waals surface area contributed by atoms with E-state index in [-0.39, 0.29) is 17.1 Å². The fourth-order valence-electron chi connectivity index (χ4n) is 1.23. The lowest BCUT2D eigenvalue weighted by Gasteiger charge is -2.07. The van der Waals surface area contributed by atoms with E-state index in [2.05, 4.69) is 10.2 Å². The number of hydroxylamine groups is 1. The summed E-state index contributed by atoms with van der Waals surface area (Å²) in [6, 6.07) is 2.91. The number of amides is 2. The van der Waals surface area contributed by atoms with Crippen molar-refractivity contribution in [3.63, 3.8) is 0 Å². The maximum atomic E-state index is 11.3. The number of carboxylic acid groups (broad SMARTS) is 1. The van der Waals surface area contributed by atoms with Gasteiger partial charge in [-0.3, -0.25) is 15.0 Å². The molecule has 0 aliphatic carbocycles. The lowest BCUT2D eigenvalue weighted by atomic mass is 10.2. The van der Waals surface area contributed by atoms with E-state index in [1.165, 1.54) is 19.2 Å². The monoisotopic (exact) mass is 285 g/mol. The van der Waals surface area contributed by atoms with Crippen LogP contribution in [0, 0.1) is 10.1 Å². The van der Waals surface area contributed by atoms with Gasteiger partial charge in [-0.15, -0.1) is 0 Å². The number of anilines is 1. The first kappa shape index (κ1) is 15.2. The number of aliphatic carboxylic acids is 1. The Morgan fingerprint density at radius 3 is 2.70 bits per heavy atom. The zero-order chi connectivity index (χ0) is 15.1. The Hall–Kier alpha value is -2.88. The smallest absolute Gasteiger partial charge is 0.343 e. The molecule has 2 amide bonds. The first-order valence-electron chi connectivity index (χ1n) is 5.17. The van der Waals surface area contributed by atoms with Crippen molar-refractivity contribution >= 4 is 23.4 Å². The van der Waals surface area contributed by atoms with Gasteiger partial charge in [0.1, 0.15) is 0 Å². The van der Waals surface area contributed by atoms with Crippen LogP contribution in [0.4, 0.5) is 16.2 Å². The number of methoxy groups -OCH3 is 1. The van der Waals surface area contributed by atoms with E-state index in [4.69, 9.17) is 9.84 Å². The lowest BCUT2D eigenvalue weighted by Crippen LogP contribution is -2.30. The van der Waals surface area contributed by atoms with Crippen molar-refractivity contribution in [2.24, 2.45) is 0 Å². The van der Waals surface area contributed by atoms with Crippen LogP contribution in [0.5, 0.6) is 5.75 Å². The molecular weight excluding hydrogens is 274 g/mol. The van der Waals surface area contributed by atoms with E-state index in [0.29, 0.717) is 0 Å². The molecule has 3 N–H and O–H groups in total. The number of ether oxygens (including phenoxy) is 1. The number of carboxylic acids is 1. The zero-order valence-electron chi connectivity index (χ0n) is 10.3. The number of urea groups is 1. The summed E-state index contributed by atoms with van der Waals surface area (Å²) in [6.45, 7) is -0.712. The maximum absolute atomic E-state index is 11.3. The molecule has 1 rings (SSSR count). The summed E-state index contributed by atoms with van der Waals surface area (Å²) in [4.78, 5) is 35.9. The van der Waals surface area contributed by atoms with Crippen LogP contribution in [0.3, 0.4) is 0 Å². The second-order valence-electron chi connectivity index (χ2n) is 3.38. The van der Waals surface area contributed by atoms with Gasteiger partial charge in [0.2, 0.25) is 0 Å². The normalized spacial score (nSPS) is 9.65. The number of hydrogen-bond donors (Lipinski definition) is 3. The molecule has 0 fully saturated rings. The van der Waals surface area contributed by atoms with Gasteiger partial charge in [0.25, 0.3) is 0 Å². The van der Waals surface area contributed by atoms with Gasteiger partial charge < -0.3 is 15.2 Å². The molecule has 108 valence electrons. The number of carbonyl (C=O) groups is 2. The fraction of sp³-hybridized carbons (Fsp3) is 0.200. The van der Waals surface area contributed by atoms with Gasteiger partial charge in [-0.05, 0) is 12.1 Å². The summed E-state index contributed by atoms with van der Waals surface area (Å²) < 4.78 is 4.80. The van der Waals surface area contributed by atoms with Crippen molar-refractivity contribution in [1.82, 2.24) is 5.48 Å². The van der Waals surface area contributed by atoms with Crippen LogP contribution < -0.4 is 15.5 Å². The summed E-state index contributed by atoms with van der Waals surface area (Å²) >= 11 is 0. The molecule has 0 radical (unpaired) electrons. The second kappa shape index (κ2) is 6.89. The Morgan fingerprint density at radius 1 is 1.45 bits per heavy atom. The van der Waals surface area contributed by atoms with E-state index in [9.17, 15) is 19.7 Å². The van der Waals surface area contributed by atoms with Gasteiger partial charge in [-0.1, -0.05) is 0 Å². The molecule has 0 aliphatic rings. The number of nitrogens with one attached hydrogen (secondary N) is 2. The molecule has 10 heteroatoms. The highest BCUT2D eigenvalue weighted by atomic mass is 16.7. The van der Waals surface area contributed by atoms with E-state index in [0.717, 1.165) is 6.07 Å². The molecule has 0 spiro atoms. The molecule has 0 heterocycles. The third kappa shape index (κ3) is 4.42. The molecule has 10 nitrogen and oxygen atoms in total. The van der Waals surface area contributed by atoms with Crippen LogP contribution >= 0.6 is 0 Å². The number of carbonyl (C=O) groups excluding carboxylic acids is 1. The van der Waals surface area contributed by atoms with Crippen molar-refractivity contribution in [1.29, 1.82) is 0 Å². The average Bonchev–Trinajstić information content (AvgIpc) is 2.38. The molecule has 1 aromatic carbocycles. The Labute approximate surface area is 112 Å². The third-order valence-corrected chi connectivity index (χ3v) is 1.99. The van der Waals surface area contributed by atoms with Gasteiger partial charge >= 0.3 is 17.7 Å². The Kier molecular flexibility index (Phi) is 5.23. The predicted octanol–water partition coefficient (Wildman–Crippen LogP) is 0.741. The van der Waals surface area contributed by atoms with Gasteiger partial charge in [-0.2, -0.15) is 0 Å². The van der Waals surface area contributed by atoms with Crippen molar-refractivity contribution in [2.75, 3.05) is 19.0 Å². The first-order valence-corrected chi connectivity index (χ1v) is 5.17. The SMILES string of the molecule is COc1ccc(NC(=O)NOCC(=O)O)cc1[N+](=O)[O-]. The quantitative estimate of drug-likeness (QED) is 0.517. The average molecular weight is 285 g/mol. The number of nitro benzene ring substituents is 1. The van der Waals surface area contributed by atoms with Gasteiger partial charge in [0, 0.05) is 11.8 Å². The van der Waals surface area contributed by atoms with Crippen LogP contribution in [0.15, 0.2) is 18.2 Å². The van der Waals surface area contributed by atoms with Crippen LogP contribution in [0.1, 0.15) is 0 Å². The molecule has 20 heavy (non-hydrogen) atoms. The minimum atomic E-state index is -1.26. The second-order valence-corrected chi connectivity index (χ2v) is 3.38. The summed E-state index contributed by atoms with van der Waals surface area (Å²) in [5.41, 5.74) is 1.60. The summed E-state index contributed by atoms with van der Waals surface area (Å²) in [5, 5.41) is 21.3. The fourth-order valence-corrected chi connectivity index (χ4v) is 1.23. The molecule has 0 aliphatic heterocycles. The predicted molar refractivity (Wildman–Crippen MR) is 65.4 cm³/mol. The number of rotatable bonds is 6. The van der Waals surface area contributed by atoms with E-state index in [1.807, 2.05) is 5.48 Å². The molecule has 0 bridgehead atoms. The Balaban J connectivity index is 2.68. The summed E-state index contributed by atoms with van der Waals surface area (Å²) in [7, 11) is 1.28. The van der Waals surface area contributed by atoms with Gasteiger partial charge in [0.05, 0.1) is 12.0 Å². The maximum Gasteiger partial charge on any atom is 0.343 e. The van der Waals surface area contributed by atoms with Gasteiger partial charge in [0.15, 0.2) is 12.4 Å². The Morgan fingerprint density at radius 2 is 2.15 bits per heavy atom. The Bertz CT molecular complexity index is 532. The molecular formula is C10H11N3O7. The number of nitro groups is 1. The minimum Gasteiger partial charge on any atom is -0.490 e. The molecule has 0 saturated carbocycles. The standard InChI is InChI=1S/C10H11N3O7/c1-19-8-3-2-6(4-7(8)13(17)18)11-10(16)12-20-5-9(14)15/h2-4H,5H2,1H3,(H,14,15)(H2,11,12,16). The van der Waals surface area contributed by atoms with Crippen molar-refractivity contribution < 1.29 is 29.2 Å². The lowest BCUT2D eigenvalue weighted by molar-refractivity contribution is -0.385. The minimum absolute atomic E-state index is 0.0445. The van der Waals surface area contributed by atoms with Crippen LogP contribution in [-0.4, -0.2) is 35.7 Å². The highest BCUT2D eigenvalue weighted by Gasteiger charge is 2.16. The number of benzene rings is 1. The molecule has 0 saturated heterocycles. The first-order chi connectivity index (χ1) is 9.43. The molecule has 0 atom stereocenters.